The Kier molecular flexibility index (Phi) is 2.70. The summed E-state index contributed by atoms with van der Waals surface area (Å²) < 4.78 is 0. The molecule has 1 aromatic heterocycles. The van der Waals surface area contributed by atoms with E-state index in [9.17, 15) is 0 Å². The normalized spacial score (nSPS) is 17.9. The summed E-state index contributed by atoms with van der Waals surface area (Å²) in [5.74, 6) is 0.953. The smallest absolute Gasteiger partial charge is 0.129 e. The first-order chi connectivity index (χ1) is 8.88. The van der Waals surface area contributed by atoms with Crippen molar-refractivity contribution in [3.63, 3.8) is 0 Å². The summed E-state index contributed by atoms with van der Waals surface area (Å²) >= 11 is 0. The van der Waals surface area contributed by atoms with Crippen LogP contribution in [0.1, 0.15) is 23.6 Å². The molecule has 3 heteroatoms. The van der Waals surface area contributed by atoms with Gasteiger partial charge < -0.3 is 4.90 Å². The molecule has 3 rings (SSSR count). The second kappa shape index (κ2) is 4.50. The van der Waals surface area contributed by atoms with E-state index in [1.54, 1.807) is 6.20 Å². The van der Waals surface area contributed by atoms with E-state index in [1.165, 1.54) is 5.56 Å². The van der Waals surface area contributed by atoms with Gasteiger partial charge in [0.1, 0.15) is 11.9 Å². The van der Waals surface area contributed by atoms with Crippen LogP contribution in [-0.4, -0.2) is 11.5 Å². The SMILES string of the molecule is N#Cc1ccc(N2CCC2c2ccccc2)nc1. The fourth-order valence-electron chi connectivity index (χ4n) is 2.31. The van der Waals surface area contributed by atoms with Crippen molar-refractivity contribution in [1.82, 2.24) is 4.98 Å². The lowest BCUT2D eigenvalue weighted by Crippen LogP contribution is -2.41. The Morgan fingerprint density at radius 1 is 1.17 bits per heavy atom. The third-order valence-electron chi connectivity index (χ3n) is 3.38. The summed E-state index contributed by atoms with van der Waals surface area (Å²) in [6.07, 6.45) is 2.79. The van der Waals surface area contributed by atoms with Crippen molar-refractivity contribution in [3.8, 4) is 6.07 Å². The summed E-state index contributed by atoms with van der Waals surface area (Å²) in [4.78, 5) is 6.62. The van der Waals surface area contributed by atoms with Gasteiger partial charge in [0.05, 0.1) is 11.6 Å². The second-order valence-corrected chi connectivity index (χ2v) is 4.43. The van der Waals surface area contributed by atoms with Crippen molar-refractivity contribution >= 4 is 5.82 Å². The molecule has 0 bridgehead atoms. The molecule has 1 atom stereocenters. The van der Waals surface area contributed by atoms with Crippen LogP contribution in [0.4, 0.5) is 5.82 Å². The number of rotatable bonds is 2. The molecule has 3 nitrogen and oxygen atoms in total. The number of hydrogen-bond acceptors (Lipinski definition) is 3. The maximum Gasteiger partial charge on any atom is 0.129 e. The van der Waals surface area contributed by atoms with Gasteiger partial charge in [-0.25, -0.2) is 4.98 Å². The van der Waals surface area contributed by atoms with Crippen molar-refractivity contribution in [1.29, 1.82) is 5.26 Å². The Hall–Kier alpha value is -2.34. The Balaban J connectivity index is 1.83. The highest BCUT2D eigenvalue weighted by molar-refractivity contribution is 5.47. The number of benzene rings is 1. The molecule has 0 spiro atoms. The molecule has 1 aliphatic rings. The molecule has 2 heterocycles. The van der Waals surface area contributed by atoms with Crippen molar-refractivity contribution in [3.05, 3.63) is 59.8 Å². The molecule has 0 saturated carbocycles. The zero-order valence-corrected chi connectivity index (χ0v) is 9.95. The minimum Gasteiger partial charge on any atom is -0.349 e. The van der Waals surface area contributed by atoms with Crippen LogP contribution in [0.5, 0.6) is 0 Å². The highest BCUT2D eigenvalue weighted by Crippen LogP contribution is 2.36. The summed E-state index contributed by atoms with van der Waals surface area (Å²) in [6, 6.07) is 16.7. The van der Waals surface area contributed by atoms with E-state index in [4.69, 9.17) is 5.26 Å². The molecule has 0 N–H and O–H groups in total. The lowest BCUT2D eigenvalue weighted by atomic mass is 9.95. The number of hydrogen-bond donors (Lipinski definition) is 0. The maximum absolute atomic E-state index is 8.76. The summed E-state index contributed by atoms with van der Waals surface area (Å²) in [6.45, 7) is 1.03. The third kappa shape index (κ3) is 1.82. The van der Waals surface area contributed by atoms with Crippen molar-refractivity contribution in [2.24, 2.45) is 0 Å². The second-order valence-electron chi connectivity index (χ2n) is 4.43. The van der Waals surface area contributed by atoms with Crippen molar-refractivity contribution in [2.45, 2.75) is 12.5 Å². The van der Waals surface area contributed by atoms with Crippen LogP contribution in [-0.2, 0) is 0 Å². The topological polar surface area (TPSA) is 39.9 Å². The standard InChI is InChI=1S/C15H13N3/c16-10-12-6-7-15(17-11-12)18-9-8-14(18)13-4-2-1-3-5-13/h1-7,11,14H,8-9H2. The van der Waals surface area contributed by atoms with Gasteiger partial charge in [0, 0.05) is 12.7 Å². The van der Waals surface area contributed by atoms with Gasteiger partial charge in [-0.1, -0.05) is 30.3 Å². The maximum atomic E-state index is 8.76. The van der Waals surface area contributed by atoms with Crippen LogP contribution in [0.15, 0.2) is 48.7 Å². The molecule has 18 heavy (non-hydrogen) atoms. The number of nitrogens with zero attached hydrogens (tertiary/aromatic N) is 3. The predicted molar refractivity (Wildman–Crippen MR) is 70.1 cm³/mol. The molecule has 1 saturated heterocycles. The van der Waals surface area contributed by atoms with E-state index in [0.29, 0.717) is 11.6 Å². The summed E-state index contributed by atoms with van der Waals surface area (Å²) in [7, 11) is 0. The molecule has 0 amide bonds. The number of anilines is 1. The first-order valence-electron chi connectivity index (χ1n) is 6.06. The Morgan fingerprint density at radius 3 is 2.56 bits per heavy atom. The van der Waals surface area contributed by atoms with Gasteiger partial charge in [-0.2, -0.15) is 5.26 Å². The molecule has 1 aromatic carbocycles. The lowest BCUT2D eigenvalue weighted by molar-refractivity contribution is 0.461. The Morgan fingerprint density at radius 2 is 2.00 bits per heavy atom. The zero-order valence-electron chi connectivity index (χ0n) is 9.95. The van der Waals surface area contributed by atoms with Gasteiger partial charge in [-0.05, 0) is 24.1 Å². The molecule has 0 radical (unpaired) electrons. The van der Waals surface area contributed by atoms with E-state index in [2.05, 4.69) is 40.2 Å². The highest BCUT2D eigenvalue weighted by Gasteiger charge is 2.29. The van der Waals surface area contributed by atoms with E-state index in [-0.39, 0.29) is 0 Å². The average molecular weight is 235 g/mol. The van der Waals surface area contributed by atoms with Crippen LogP contribution < -0.4 is 4.90 Å². The van der Waals surface area contributed by atoms with E-state index < -0.39 is 0 Å². The first kappa shape index (κ1) is 10.8. The molecule has 1 unspecified atom stereocenters. The van der Waals surface area contributed by atoms with Crippen molar-refractivity contribution in [2.75, 3.05) is 11.4 Å². The summed E-state index contributed by atoms with van der Waals surface area (Å²) in [5.41, 5.74) is 1.94. The Labute approximate surface area is 106 Å². The molecule has 88 valence electrons. The van der Waals surface area contributed by atoms with E-state index in [0.717, 1.165) is 18.8 Å². The van der Waals surface area contributed by atoms with E-state index >= 15 is 0 Å². The lowest BCUT2D eigenvalue weighted by Gasteiger charge is -2.42. The van der Waals surface area contributed by atoms with Gasteiger partial charge in [-0.15, -0.1) is 0 Å². The first-order valence-corrected chi connectivity index (χ1v) is 6.06. The average Bonchev–Trinajstić information content (AvgIpc) is 2.40. The Bertz CT molecular complexity index is 569. The summed E-state index contributed by atoms with van der Waals surface area (Å²) in [5, 5.41) is 8.76. The number of aromatic nitrogens is 1. The quantitative estimate of drug-likeness (QED) is 0.803. The predicted octanol–water partition coefficient (Wildman–Crippen LogP) is 2.90. The fraction of sp³-hybridized carbons (Fsp3) is 0.200. The van der Waals surface area contributed by atoms with Crippen LogP contribution >= 0.6 is 0 Å². The van der Waals surface area contributed by atoms with Gasteiger partial charge >= 0.3 is 0 Å². The van der Waals surface area contributed by atoms with Gasteiger partial charge in [0.15, 0.2) is 0 Å². The number of nitriles is 1. The van der Waals surface area contributed by atoms with Crippen LogP contribution in [0.3, 0.4) is 0 Å². The zero-order chi connectivity index (χ0) is 12.4. The highest BCUT2D eigenvalue weighted by atomic mass is 15.3. The molecular weight excluding hydrogens is 222 g/mol. The molecule has 0 aliphatic carbocycles. The van der Waals surface area contributed by atoms with Gasteiger partial charge in [-0.3, -0.25) is 0 Å². The molecule has 1 aliphatic heterocycles. The third-order valence-corrected chi connectivity index (χ3v) is 3.38. The molecule has 2 aromatic rings. The van der Waals surface area contributed by atoms with Gasteiger partial charge in [0.25, 0.3) is 0 Å². The molecular formula is C15H13N3. The fourth-order valence-corrected chi connectivity index (χ4v) is 2.31. The van der Waals surface area contributed by atoms with Crippen LogP contribution in [0.25, 0.3) is 0 Å². The number of pyridine rings is 1. The van der Waals surface area contributed by atoms with Crippen molar-refractivity contribution < 1.29 is 0 Å². The van der Waals surface area contributed by atoms with Crippen LogP contribution in [0, 0.1) is 11.3 Å². The minimum atomic E-state index is 0.423. The van der Waals surface area contributed by atoms with Gasteiger partial charge in [0.2, 0.25) is 0 Å². The van der Waals surface area contributed by atoms with Crippen LogP contribution in [0.2, 0.25) is 0 Å². The molecule has 1 fully saturated rings. The monoisotopic (exact) mass is 235 g/mol. The minimum absolute atomic E-state index is 0.423. The largest absolute Gasteiger partial charge is 0.349 e. The van der Waals surface area contributed by atoms with E-state index in [1.807, 2.05) is 18.2 Å².